The third kappa shape index (κ3) is 8.70. The third-order valence-electron chi connectivity index (χ3n) is 6.70. The number of carbonyl (C=O) groups is 3. The minimum absolute atomic E-state index is 0.155. The van der Waals surface area contributed by atoms with Crippen LogP contribution in [-0.4, -0.2) is 85.4 Å². The van der Waals surface area contributed by atoms with Crippen LogP contribution < -0.4 is 10.6 Å². The second kappa shape index (κ2) is 14.7. The lowest BCUT2D eigenvalue weighted by molar-refractivity contribution is -0.123. The molecule has 1 fully saturated rings. The zero-order valence-corrected chi connectivity index (χ0v) is 24.2. The van der Waals surface area contributed by atoms with E-state index in [0.29, 0.717) is 43.9 Å². The number of nitrogens with one attached hydrogen (secondary N) is 2. The smallest absolute Gasteiger partial charge is 0.318 e. The van der Waals surface area contributed by atoms with Gasteiger partial charge in [-0.25, -0.2) is 13.2 Å². The summed E-state index contributed by atoms with van der Waals surface area (Å²) in [6, 6.07) is 14.4. The number of hydrogen-bond acceptors (Lipinski definition) is 9. The fraction of sp³-hybridized carbons (Fsp3) is 0.414. The molecule has 3 aromatic rings. The zero-order valence-electron chi connectivity index (χ0n) is 23.4. The third-order valence-corrected chi connectivity index (χ3v) is 8.31. The summed E-state index contributed by atoms with van der Waals surface area (Å²) >= 11 is 0. The van der Waals surface area contributed by atoms with Gasteiger partial charge in [0.15, 0.2) is 9.84 Å². The first-order chi connectivity index (χ1) is 20.3. The number of urea groups is 1. The van der Waals surface area contributed by atoms with E-state index in [9.17, 15) is 22.8 Å². The molecule has 2 aromatic carbocycles. The molecule has 2 atom stereocenters. The molecule has 13 heteroatoms. The summed E-state index contributed by atoms with van der Waals surface area (Å²) in [6.07, 6.45) is 1.58. The molecule has 0 bridgehead atoms. The molecule has 1 aliphatic rings. The minimum Gasteiger partial charge on any atom is -0.414 e. The van der Waals surface area contributed by atoms with Crippen molar-refractivity contribution in [3.05, 3.63) is 72.1 Å². The Kier molecular flexibility index (Phi) is 10.8. The predicted molar refractivity (Wildman–Crippen MR) is 154 cm³/mol. The number of ether oxygens (including phenoxy) is 1. The maximum Gasteiger partial charge on any atom is 0.318 e. The molecule has 0 spiro atoms. The number of morpholine rings is 1. The Hall–Kier alpha value is -4.10. The summed E-state index contributed by atoms with van der Waals surface area (Å²) in [4.78, 5) is 41.4. The number of sulfone groups is 1. The molecule has 0 aliphatic carbocycles. The molecular weight excluding hydrogens is 562 g/mol. The summed E-state index contributed by atoms with van der Waals surface area (Å²) in [6.45, 7) is 3.20. The number of unbranched alkanes of at least 4 members (excludes halogenated alkanes) is 1. The van der Waals surface area contributed by atoms with Gasteiger partial charge in [-0.3, -0.25) is 9.59 Å². The van der Waals surface area contributed by atoms with Crippen LogP contribution in [0, 0.1) is 0 Å². The molecule has 1 saturated heterocycles. The van der Waals surface area contributed by atoms with Crippen molar-refractivity contribution in [3.8, 4) is 11.5 Å². The molecule has 1 unspecified atom stereocenters. The Morgan fingerprint density at radius 1 is 0.929 bits per heavy atom. The number of nitrogens with zero attached hydrogens (tertiary/aromatic N) is 3. The summed E-state index contributed by atoms with van der Waals surface area (Å²) < 4.78 is 37.2. The van der Waals surface area contributed by atoms with E-state index in [1.54, 1.807) is 54.6 Å². The van der Waals surface area contributed by atoms with E-state index >= 15 is 0 Å². The molecule has 0 saturated carbocycles. The first-order valence-corrected chi connectivity index (χ1v) is 15.7. The van der Waals surface area contributed by atoms with Gasteiger partial charge < -0.3 is 24.7 Å². The van der Waals surface area contributed by atoms with Crippen LogP contribution in [0.15, 0.2) is 65.1 Å². The largest absolute Gasteiger partial charge is 0.414 e. The van der Waals surface area contributed by atoms with Crippen LogP contribution in [0.1, 0.15) is 42.4 Å². The van der Waals surface area contributed by atoms with Crippen molar-refractivity contribution < 1.29 is 32.0 Å². The van der Waals surface area contributed by atoms with Crippen molar-refractivity contribution >= 4 is 27.6 Å². The second-order valence-electron chi connectivity index (χ2n) is 9.99. The lowest BCUT2D eigenvalue weighted by Crippen LogP contribution is -2.57. The van der Waals surface area contributed by atoms with Crippen LogP contribution in [0.2, 0.25) is 0 Å². The van der Waals surface area contributed by atoms with Crippen molar-refractivity contribution in [1.29, 1.82) is 0 Å². The molecule has 1 aliphatic heterocycles. The number of amides is 3. The maximum absolute atomic E-state index is 13.6. The van der Waals surface area contributed by atoms with Gasteiger partial charge in [0.1, 0.15) is 6.04 Å². The number of carbonyl (C=O) groups excluding carboxylic acids is 3. The van der Waals surface area contributed by atoms with Gasteiger partial charge in [0.25, 0.3) is 5.89 Å². The fourth-order valence-corrected chi connectivity index (χ4v) is 6.01. The van der Waals surface area contributed by atoms with Gasteiger partial charge >= 0.3 is 6.03 Å². The molecule has 3 amide bonds. The van der Waals surface area contributed by atoms with Gasteiger partial charge in [0.2, 0.25) is 17.6 Å². The predicted octanol–water partition coefficient (Wildman–Crippen LogP) is 2.62. The highest BCUT2D eigenvalue weighted by atomic mass is 32.2. The number of hydrogen-bond donors (Lipinski definition) is 2. The van der Waals surface area contributed by atoms with E-state index < -0.39 is 45.4 Å². The van der Waals surface area contributed by atoms with Crippen LogP contribution in [0.3, 0.4) is 0 Å². The Balaban J connectivity index is 1.53. The Morgan fingerprint density at radius 2 is 1.60 bits per heavy atom. The SMILES string of the molecule is CCCCC(NC(=O)[C@H](CS(=O)(=O)Cc1ccccc1)NC(=O)N1CCOCC1)C(=O)c1nnc(-c2ccccc2)o1. The lowest BCUT2D eigenvalue weighted by Gasteiger charge is -2.29. The summed E-state index contributed by atoms with van der Waals surface area (Å²) in [5.41, 5.74) is 1.19. The highest BCUT2D eigenvalue weighted by molar-refractivity contribution is 7.90. The van der Waals surface area contributed by atoms with Gasteiger partial charge in [-0.2, -0.15) is 0 Å². The monoisotopic (exact) mass is 597 g/mol. The van der Waals surface area contributed by atoms with Gasteiger partial charge in [0, 0.05) is 18.7 Å². The van der Waals surface area contributed by atoms with Crippen LogP contribution in [-0.2, 0) is 25.1 Å². The Bertz CT molecular complexity index is 1440. The molecule has 224 valence electrons. The van der Waals surface area contributed by atoms with Gasteiger partial charge in [0.05, 0.1) is 30.8 Å². The topological polar surface area (TPSA) is 161 Å². The number of aromatic nitrogens is 2. The van der Waals surface area contributed by atoms with Crippen molar-refractivity contribution in [2.24, 2.45) is 0 Å². The maximum atomic E-state index is 13.6. The summed E-state index contributed by atoms with van der Waals surface area (Å²) in [5.74, 6) is -2.49. The van der Waals surface area contributed by atoms with Crippen molar-refractivity contribution in [1.82, 2.24) is 25.7 Å². The normalized spacial score (nSPS) is 15.0. The first kappa shape index (κ1) is 30.8. The average Bonchev–Trinajstić information content (AvgIpc) is 3.50. The van der Waals surface area contributed by atoms with Gasteiger partial charge in [-0.1, -0.05) is 68.3 Å². The van der Waals surface area contributed by atoms with Crippen molar-refractivity contribution in [2.45, 2.75) is 44.0 Å². The Labute approximate surface area is 244 Å². The molecular formula is C29H35N5O7S. The molecule has 4 rings (SSSR count). The van der Waals surface area contributed by atoms with Gasteiger partial charge in [-0.05, 0) is 24.1 Å². The van der Waals surface area contributed by atoms with Crippen LogP contribution >= 0.6 is 0 Å². The number of benzene rings is 2. The summed E-state index contributed by atoms with van der Waals surface area (Å²) in [7, 11) is -3.85. The molecule has 2 N–H and O–H groups in total. The molecule has 12 nitrogen and oxygen atoms in total. The number of rotatable bonds is 13. The van der Waals surface area contributed by atoms with Crippen LogP contribution in [0.4, 0.5) is 4.79 Å². The molecule has 0 radical (unpaired) electrons. The average molecular weight is 598 g/mol. The molecule has 1 aromatic heterocycles. The fourth-order valence-electron chi connectivity index (χ4n) is 4.45. The number of ketones is 1. The van der Waals surface area contributed by atoms with E-state index in [2.05, 4.69) is 20.8 Å². The highest BCUT2D eigenvalue weighted by Gasteiger charge is 2.33. The number of Topliss-reactive ketones (excluding diaryl/α,β-unsaturated/α-hetero) is 1. The van der Waals surface area contributed by atoms with Crippen molar-refractivity contribution in [2.75, 3.05) is 32.1 Å². The zero-order chi connectivity index (χ0) is 30.0. The van der Waals surface area contributed by atoms with Crippen LogP contribution in [0.25, 0.3) is 11.5 Å². The Morgan fingerprint density at radius 3 is 2.26 bits per heavy atom. The quantitative estimate of drug-likeness (QED) is 0.282. The van der Waals surface area contributed by atoms with E-state index in [1.165, 1.54) is 4.90 Å². The van der Waals surface area contributed by atoms with Crippen LogP contribution in [0.5, 0.6) is 0 Å². The first-order valence-electron chi connectivity index (χ1n) is 13.9. The van der Waals surface area contributed by atoms with E-state index in [0.717, 1.165) is 6.42 Å². The van der Waals surface area contributed by atoms with E-state index in [-0.39, 0.29) is 24.0 Å². The van der Waals surface area contributed by atoms with E-state index in [4.69, 9.17) is 9.15 Å². The van der Waals surface area contributed by atoms with Crippen molar-refractivity contribution in [3.63, 3.8) is 0 Å². The second-order valence-corrected chi connectivity index (χ2v) is 12.1. The molecule has 2 heterocycles. The minimum atomic E-state index is -3.85. The highest BCUT2D eigenvalue weighted by Crippen LogP contribution is 2.19. The van der Waals surface area contributed by atoms with Gasteiger partial charge in [-0.15, -0.1) is 10.2 Å². The van der Waals surface area contributed by atoms with E-state index in [1.807, 2.05) is 13.0 Å². The standard InChI is InChI=1S/C29H35N5O7S/c1-2-3-14-23(25(35)28-33-32-27(41-28)22-12-8-5-9-13-22)30-26(36)24(31-29(37)34-15-17-40-18-16-34)20-42(38,39)19-21-10-6-4-7-11-21/h4-13,23-24H,2-3,14-20H2,1H3,(H,30,36)(H,31,37)/t23?,24-/m0/s1. The lowest BCUT2D eigenvalue weighted by atomic mass is 10.0. The summed E-state index contributed by atoms with van der Waals surface area (Å²) in [5, 5.41) is 13.1. The molecule has 42 heavy (non-hydrogen) atoms.